The van der Waals surface area contributed by atoms with Gasteiger partial charge in [-0.2, -0.15) is 0 Å². The van der Waals surface area contributed by atoms with Crippen LogP contribution in [0.3, 0.4) is 0 Å². The van der Waals surface area contributed by atoms with Gasteiger partial charge in [0.25, 0.3) is 0 Å². The molecule has 7 heteroatoms. The van der Waals surface area contributed by atoms with Crippen molar-refractivity contribution in [3.63, 3.8) is 0 Å². The minimum absolute atomic E-state index is 0.434. The molecule has 128 valence electrons. The van der Waals surface area contributed by atoms with Crippen LogP contribution in [0.15, 0.2) is 41.7 Å². The number of hydrogen-bond acceptors (Lipinski definition) is 6. The number of aliphatic imine (C=N–C) groups is 1. The van der Waals surface area contributed by atoms with Crippen LogP contribution in [0.5, 0.6) is 5.75 Å². The summed E-state index contributed by atoms with van der Waals surface area (Å²) >= 11 is 0. The number of nitrogens with one attached hydrogen (secondary N) is 2. The summed E-state index contributed by atoms with van der Waals surface area (Å²) in [5.41, 5.74) is 14.2. The lowest BCUT2D eigenvalue weighted by Gasteiger charge is -2.28. The van der Waals surface area contributed by atoms with E-state index in [0.29, 0.717) is 25.5 Å². The zero-order valence-electron chi connectivity index (χ0n) is 13.7. The molecule has 3 rings (SSSR count). The van der Waals surface area contributed by atoms with Crippen molar-refractivity contribution in [1.29, 1.82) is 0 Å². The van der Waals surface area contributed by atoms with E-state index < -0.39 is 5.79 Å². The van der Waals surface area contributed by atoms with Gasteiger partial charge in [-0.05, 0) is 36.3 Å². The average Bonchev–Trinajstić information content (AvgIpc) is 2.95. The predicted molar refractivity (Wildman–Crippen MR) is 94.8 cm³/mol. The zero-order chi connectivity index (χ0) is 17.0. The number of nitrogens with zero attached hydrogens (tertiary/aromatic N) is 1. The number of benzene rings is 1. The van der Waals surface area contributed by atoms with Crippen molar-refractivity contribution in [2.45, 2.75) is 18.6 Å². The molecular formula is C17H23N5O2. The highest BCUT2D eigenvalue weighted by atomic mass is 16.5. The first kappa shape index (κ1) is 16.4. The van der Waals surface area contributed by atoms with Gasteiger partial charge in [0, 0.05) is 36.8 Å². The van der Waals surface area contributed by atoms with E-state index in [9.17, 15) is 0 Å². The van der Waals surface area contributed by atoms with Crippen molar-refractivity contribution in [2.75, 3.05) is 20.3 Å². The van der Waals surface area contributed by atoms with Crippen LogP contribution in [0.4, 0.5) is 0 Å². The molecule has 0 spiro atoms. The van der Waals surface area contributed by atoms with Crippen molar-refractivity contribution in [3.05, 3.63) is 42.2 Å². The van der Waals surface area contributed by atoms with Gasteiger partial charge in [-0.1, -0.05) is 0 Å². The van der Waals surface area contributed by atoms with Gasteiger partial charge in [-0.15, -0.1) is 0 Å². The number of nitrogens with two attached hydrogens (primary N) is 2. The molecule has 0 bridgehead atoms. The Labute approximate surface area is 140 Å². The molecule has 7 nitrogen and oxygen atoms in total. The number of methoxy groups -OCH3 is 1. The number of aromatic nitrogens is 1. The van der Waals surface area contributed by atoms with Crippen LogP contribution in [0, 0.1) is 0 Å². The standard InChI is InChI=1S/C17H23N5O2/c1-23-8-9-24-13-2-3-15-14(10-13)12(11-20-15)4-6-17(19)21-7-5-16(18)22-17/h2-3,5,7,10-11,20-21H,4,6,8-9,19H2,1H3,(H2,18,22). The van der Waals surface area contributed by atoms with Gasteiger partial charge in [-0.3, -0.25) is 5.73 Å². The number of aryl methyl sites for hydroxylation is 1. The van der Waals surface area contributed by atoms with E-state index in [1.165, 1.54) is 0 Å². The Bertz CT molecular complexity index is 767. The highest BCUT2D eigenvalue weighted by molar-refractivity contribution is 5.92. The van der Waals surface area contributed by atoms with Crippen molar-refractivity contribution >= 4 is 16.7 Å². The van der Waals surface area contributed by atoms with Gasteiger partial charge < -0.3 is 25.5 Å². The average molecular weight is 329 g/mol. The molecule has 0 amide bonds. The molecule has 1 aliphatic rings. The SMILES string of the molecule is COCCOc1ccc2[nH]cc(CCC3(N)N=C(N)C=CN3)c2c1. The molecule has 0 saturated heterocycles. The monoisotopic (exact) mass is 329 g/mol. The largest absolute Gasteiger partial charge is 0.491 e. The molecule has 1 aromatic carbocycles. The summed E-state index contributed by atoms with van der Waals surface area (Å²) in [7, 11) is 1.66. The lowest BCUT2D eigenvalue weighted by molar-refractivity contribution is 0.146. The van der Waals surface area contributed by atoms with E-state index in [0.717, 1.165) is 28.6 Å². The van der Waals surface area contributed by atoms with Crippen LogP contribution >= 0.6 is 0 Å². The summed E-state index contributed by atoms with van der Waals surface area (Å²) < 4.78 is 10.7. The van der Waals surface area contributed by atoms with Gasteiger partial charge in [0.15, 0.2) is 5.79 Å². The van der Waals surface area contributed by atoms with E-state index in [4.69, 9.17) is 20.9 Å². The third-order valence-corrected chi connectivity index (χ3v) is 3.99. The van der Waals surface area contributed by atoms with Crippen LogP contribution < -0.4 is 21.5 Å². The molecule has 24 heavy (non-hydrogen) atoms. The van der Waals surface area contributed by atoms with Crippen LogP contribution in [0.1, 0.15) is 12.0 Å². The summed E-state index contributed by atoms with van der Waals surface area (Å²) in [6.45, 7) is 1.09. The minimum atomic E-state index is -0.866. The van der Waals surface area contributed by atoms with Crippen LogP contribution in [-0.2, 0) is 11.2 Å². The van der Waals surface area contributed by atoms with Gasteiger partial charge in [0.05, 0.1) is 6.61 Å². The van der Waals surface area contributed by atoms with Crippen LogP contribution in [0.25, 0.3) is 10.9 Å². The summed E-state index contributed by atoms with van der Waals surface area (Å²) in [6, 6.07) is 5.99. The van der Waals surface area contributed by atoms with E-state index in [1.54, 1.807) is 19.4 Å². The number of hydrogen-bond donors (Lipinski definition) is 4. The summed E-state index contributed by atoms with van der Waals surface area (Å²) in [4.78, 5) is 7.56. The first-order valence-electron chi connectivity index (χ1n) is 7.90. The fourth-order valence-electron chi connectivity index (χ4n) is 2.72. The predicted octanol–water partition coefficient (Wildman–Crippen LogP) is 1.21. The molecule has 1 atom stereocenters. The Kier molecular flexibility index (Phi) is 4.73. The van der Waals surface area contributed by atoms with Gasteiger partial charge in [-0.25, -0.2) is 4.99 Å². The minimum Gasteiger partial charge on any atom is -0.491 e. The topological polar surface area (TPSA) is 111 Å². The Morgan fingerprint density at radius 3 is 2.96 bits per heavy atom. The van der Waals surface area contributed by atoms with Crippen molar-refractivity contribution < 1.29 is 9.47 Å². The second kappa shape index (κ2) is 6.94. The normalized spacial score (nSPS) is 20.0. The molecule has 1 aromatic heterocycles. The third-order valence-electron chi connectivity index (χ3n) is 3.99. The Hall–Kier alpha value is -2.51. The van der Waals surface area contributed by atoms with Gasteiger partial charge >= 0.3 is 0 Å². The molecule has 0 radical (unpaired) electrons. The molecule has 1 unspecified atom stereocenters. The molecule has 1 aliphatic heterocycles. The number of ether oxygens (including phenoxy) is 2. The molecule has 0 saturated carbocycles. The summed E-state index contributed by atoms with van der Waals surface area (Å²) in [6.07, 6.45) is 6.81. The Morgan fingerprint density at radius 1 is 1.29 bits per heavy atom. The molecular weight excluding hydrogens is 306 g/mol. The van der Waals surface area contributed by atoms with E-state index in [-0.39, 0.29) is 0 Å². The Balaban J connectivity index is 1.72. The Morgan fingerprint density at radius 2 is 2.17 bits per heavy atom. The molecule has 0 aliphatic carbocycles. The fourth-order valence-corrected chi connectivity index (χ4v) is 2.72. The van der Waals surface area contributed by atoms with Gasteiger partial charge in [0.2, 0.25) is 0 Å². The zero-order valence-corrected chi connectivity index (χ0v) is 13.7. The fraction of sp³-hybridized carbons (Fsp3) is 0.353. The first-order chi connectivity index (χ1) is 11.6. The highest BCUT2D eigenvalue weighted by Crippen LogP contribution is 2.26. The van der Waals surface area contributed by atoms with E-state index in [2.05, 4.69) is 15.3 Å². The maximum absolute atomic E-state index is 6.24. The molecule has 6 N–H and O–H groups in total. The van der Waals surface area contributed by atoms with Crippen LogP contribution in [-0.4, -0.2) is 36.9 Å². The number of H-pyrrole nitrogens is 1. The number of aromatic amines is 1. The summed E-state index contributed by atoms with van der Waals surface area (Å²) in [5, 5.41) is 4.19. The number of fused-ring (bicyclic) bond motifs is 1. The summed E-state index contributed by atoms with van der Waals surface area (Å²) in [5.74, 6) is 0.391. The second-order valence-electron chi connectivity index (χ2n) is 5.80. The van der Waals surface area contributed by atoms with Crippen molar-refractivity contribution in [3.8, 4) is 5.75 Å². The highest BCUT2D eigenvalue weighted by Gasteiger charge is 2.24. The molecule has 2 aromatic rings. The maximum Gasteiger partial charge on any atom is 0.184 e. The van der Waals surface area contributed by atoms with Gasteiger partial charge in [0.1, 0.15) is 18.2 Å². The van der Waals surface area contributed by atoms with Crippen molar-refractivity contribution in [2.24, 2.45) is 16.5 Å². The lowest BCUT2D eigenvalue weighted by Crippen LogP contribution is -2.52. The van der Waals surface area contributed by atoms with Crippen molar-refractivity contribution in [1.82, 2.24) is 10.3 Å². The number of rotatable bonds is 7. The second-order valence-corrected chi connectivity index (χ2v) is 5.80. The van der Waals surface area contributed by atoms with E-state index in [1.807, 2.05) is 24.4 Å². The lowest BCUT2D eigenvalue weighted by atomic mass is 10.0. The quantitative estimate of drug-likeness (QED) is 0.571. The molecule has 0 fully saturated rings. The maximum atomic E-state index is 6.24. The van der Waals surface area contributed by atoms with E-state index >= 15 is 0 Å². The smallest absolute Gasteiger partial charge is 0.184 e. The third kappa shape index (κ3) is 3.69. The van der Waals surface area contributed by atoms with Crippen LogP contribution in [0.2, 0.25) is 0 Å². The number of amidine groups is 1. The molecule has 2 heterocycles. The first-order valence-corrected chi connectivity index (χ1v) is 7.90.